The number of furan rings is 1. The van der Waals surface area contributed by atoms with Gasteiger partial charge in [0.15, 0.2) is 0 Å². The molecule has 3 aromatic carbocycles. The van der Waals surface area contributed by atoms with Gasteiger partial charge in [-0.15, -0.1) is 0 Å². The topological polar surface area (TPSA) is 124 Å². The van der Waals surface area contributed by atoms with Crippen molar-refractivity contribution in [3.8, 4) is 17.1 Å². The first-order valence-electron chi connectivity index (χ1n) is 15.3. The van der Waals surface area contributed by atoms with Crippen LogP contribution in [0.5, 0.6) is 5.75 Å². The number of carbonyl (C=O) groups is 1. The van der Waals surface area contributed by atoms with Gasteiger partial charge < -0.3 is 24.2 Å². The number of ether oxygens (including phenoxy) is 1. The first-order chi connectivity index (χ1) is 21.8. The monoisotopic (exact) mass is 648 g/mol. The van der Waals surface area contributed by atoms with Crippen LogP contribution in [-0.2, 0) is 33.5 Å². The molecule has 1 atom stereocenters. The maximum atomic E-state index is 13.6. The number of primary amides is 1. The standard InChI is InChI=1S/C34H38BFN2O7S/c1-33(2)34(3,4)45-35(44-33)27-13-6-20(16-29(27)42-5)14-15-38(46(40)41)19-23-17-28-26(18-25(23)21-7-8-21)30(32(37)39)31(43-28)22-9-11-24(36)12-10-22/h6,9-13,16-18,21H,7-8,14-15,19H2,1-5H3,(H2,37,39)(H,40,41). The lowest BCUT2D eigenvalue weighted by atomic mass is 9.78. The quantitative estimate of drug-likeness (QED) is 0.158. The van der Waals surface area contributed by atoms with Gasteiger partial charge in [-0.3, -0.25) is 9.35 Å². The fourth-order valence-electron chi connectivity index (χ4n) is 5.89. The highest BCUT2D eigenvalue weighted by Crippen LogP contribution is 2.45. The molecular weight excluding hydrogens is 610 g/mol. The summed E-state index contributed by atoms with van der Waals surface area (Å²) in [4.78, 5) is 12.6. The largest absolute Gasteiger partial charge is 0.498 e. The number of methoxy groups -OCH3 is 1. The van der Waals surface area contributed by atoms with Crippen LogP contribution in [0, 0.1) is 5.82 Å². The Bertz CT molecular complexity index is 1800. The predicted molar refractivity (Wildman–Crippen MR) is 176 cm³/mol. The predicted octanol–water partition coefficient (Wildman–Crippen LogP) is 5.70. The Labute approximate surface area is 270 Å². The van der Waals surface area contributed by atoms with Crippen molar-refractivity contribution >= 4 is 40.7 Å². The van der Waals surface area contributed by atoms with Gasteiger partial charge >= 0.3 is 7.12 Å². The number of fused-ring (bicyclic) bond motifs is 1. The summed E-state index contributed by atoms with van der Waals surface area (Å²) in [6, 6.07) is 15.2. The second-order valence-electron chi connectivity index (χ2n) is 13.0. The third-order valence-electron chi connectivity index (χ3n) is 9.34. The molecule has 2 aliphatic rings. The normalized spacial score (nSPS) is 18.0. The van der Waals surface area contributed by atoms with Crippen LogP contribution in [0.25, 0.3) is 22.3 Å². The number of nitrogens with zero attached hydrogens (tertiary/aromatic N) is 1. The first-order valence-corrected chi connectivity index (χ1v) is 16.4. The Morgan fingerprint density at radius 1 is 1.09 bits per heavy atom. The van der Waals surface area contributed by atoms with E-state index in [2.05, 4.69) is 0 Å². The van der Waals surface area contributed by atoms with Crippen molar-refractivity contribution < 1.29 is 36.4 Å². The number of hydrogen-bond donors (Lipinski definition) is 2. The lowest BCUT2D eigenvalue weighted by Crippen LogP contribution is -2.41. The highest BCUT2D eigenvalue weighted by atomic mass is 32.2. The summed E-state index contributed by atoms with van der Waals surface area (Å²) in [5, 5.41) is 0.573. The Morgan fingerprint density at radius 2 is 1.76 bits per heavy atom. The SMILES string of the molecule is COc1cc(CCN(Cc2cc3oc(-c4ccc(F)cc4)c(C(N)=O)c3cc2C2CC2)S(=O)O)ccc1B1OC(C)(C)C(C)(C)O1. The minimum absolute atomic E-state index is 0.187. The van der Waals surface area contributed by atoms with Crippen LogP contribution >= 0.6 is 0 Å². The average molecular weight is 649 g/mol. The van der Waals surface area contributed by atoms with Gasteiger partial charge in [-0.2, -0.15) is 4.31 Å². The van der Waals surface area contributed by atoms with Crippen LogP contribution in [0.15, 0.2) is 59.0 Å². The summed E-state index contributed by atoms with van der Waals surface area (Å²) in [7, 11) is 1.02. The van der Waals surface area contributed by atoms with E-state index in [4.69, 9.17) is 24.2 Å². The molecule has 1 aliphatic heterocycles. The number of benzene rings is 3. The molecule has 9 nitrogen and oxygen atoms in total. The van der Waals surface area contributed by atoms with Crippen molar-refractivity contribution in [3.63, 3.8) is 0 Å². The summed E-state index contributed by atoms with van der Waals surface area (Å²) >= 11 is -2.26. The van der Waals surface area contributed by atoms with E-state index in [1.807, 2.05) is 58.0 Å². The number of halogens is 1. The Morgan fingerprint density at radius 3 is 2.35 bits per heavy atom. The van der Waals surface area contributed by atoms with Crippen molar-refractivity contribution in [2.45, 2.75) is 70.6 Å². The maximum absolute atomic E-state index is 13.6. The first kappa shape index (κ1) is 32.4. The van der Waals surface area contributed by atoms with Gasteiger partial charge in [0, 0.05) is 29.5 Å². The molecular formula is C34H38BFN2O7S. The van der Waals surface area contributed by atoms with Gasteiger partial charge in [0.25, 0.3) is 5.91 Å². The maximum Gasteiger partial charge on any atom is 0.498 e. The summed E-state index contributed by atoms with van der Waals surface area (Å²) in [5.41, 5.74) is 9.54. The zero-order chi connectivity index (χ0) is 33.0. The molecule has 12 heteroatoms. The molecule has 6 rings (SSSR count). The molecule has 1 saturated heterocycles. The molecule has 1 aliphatic carbocycles. The van der Waals surface area contributed by atoms with Gasteiger partial charge in [0.1, 0.15) is 22.9 Å². The van der Waals surface area contributed by atoms with E-state index in [1.165, 1.54) is 28.6 Å². The van der Waals surface area contributed by atoms with E-state index in [0.717, 1.165) is 35.0 Å². The van der Waals surface area contributed by atoms with Gasteiger partial charge in [-0.1, -0.05) is 12.1 Å². The van der Waals surface area contributed by atoms with Crippen LogP contribution in [-0.4, -0.2) is 50.9 Å². The van der Waals surface area contributed by atoms with Crippen molar-refractivity contribution in [1.29, 1.82) is 0 Å². The van der Waals surface area contributed by atoms with E-state index in [-0.39, 0.29) is 30.3 Å². The molecule has 1 aromatic heterocycles. The molecule has 242 valence electrons. The van der Waals surface area contributed by atoms with Crippen LogP contribution in [0.2, 0.25) is 0 Å². The second kappa shape index (κ2) is 12.2. The molecule has 0 spiro atoms. The Balaban J connectivity index is 1.26. The van der Waals surface area contributed by atoms with Crippen LogP contribution < -0.4 is 15.9 Å². The Kier molecular flexibility index (Phi) is 8.62. The number of carbonyl (C=O) groups excluding carboxylic acids is 1. The van der Waals surface area contributed by atoms with E-state index in [0.29, 0.717) is 28.7 Å². The third kappa shape index (κ3) is 6.24. The smallest absolute Gasteiger partial charge is 0.497 e. The van der Waals surface area contributed by atoms with Gasteiger partial charge in [-0.25, -0.2) is 8.60 Å². The molecule has 1 amide bonds. The van der Waals surface area contributed by atoms with E-state index < -0.39 is 41.3 Å². The van der Waals surface area contributed by atoms with Gasteiger partial charge in [0.05, 0.1) is 23.9 Å². The second-order valence-corrected chi connectivity index (χ2v) is 14.0. The van der Waals surface area contributed by atoms with Crippen LogP contribution in [0.1, 0.15) is 73.5 Å². The number of rotatable bonds is 11. The summed E-state index contributed by atoms with van der Waals surface area (Å²) in [5.74, 6) is 0.0990. The lowest BCUT2D eigenvalue weighted by Gasteiger charge is -2.32. The molecule has 2 heterocycles. The fraction of sp³-hybridized carbons (Fsp3) is 0.382. The number of hydrogen-bond acceptors (Lipinski definition) is 6. The lowest BCUT2D eigenvalue weighted by molar-refractivity contribution is 0.00578. The zero-order valence-corrected chi connectivity index (χ0v) is 27.4. The molecule has 0 radical (unpaired) electrons. The molecule has 4 aromatic rings. The molecule has 2 fully saturated rings. The van der Waals surface area contributed by atoms with Crippen molar-refractivity contribution in [2.75, 3.05) is 13.7 Å². The summed E-state index contributed by atoms with van der Waals surface area (Å²) in [6.45, 7) is 8.46. The zero-order valence-electron chi connectivity index (χ0n) is 26.6. The van der Waals surface area contributed by atoms with Crippen molar-refractivity contribution in [3.05, 3.63) is 82.7 Å². The molecule has 46 heavy (non-hydrogen) atoms. The minimum Gasteiger partial charge on any atom is -0.497 e. The highest BCUT2D eigenvalue weighted by molar-refractivity contribution is 7.76. The minimum atomic E-state index is -2.26. The van der Waals surface area contributed by atoms with E-state index in [9.17, 15) is 17.9 Å². The molecule has 0 bridgehead atoms. The van der Waals surface area contributed by atoms with Gasteiger partial charge in [0.2, 0.25) is 11.3 Å². The average Bonchev–Trinajstić information content (AvgIpc) is 3.73. The number of nitrogens with two attached hydrogens (primary N) is 1. The third-order valence-corrected chi connectivity index (χ3v) is 10.1. The fourth-order valence-corrected chi connectivity index (χ4v) is 6.39. The van der Waals surface area contributed by atoms with Crippen molar-refractivity contribution in [1.82, 2.24) is 4.31 Å². The van der Waals surface area contributed by atoms with E-state index >= 15 is 0 Å². The highest BCUT2D eigenvalue weighted by Gasteiger charge is 2.52. The number of amides is 1. The molecule has 1 saturated carbocycles. The summed E-state index contributed by atoms with van der Waals surface area (Å²) < 4.78 is 62.3. The van der Waals surface area contributed by atoms with Crippen LogP contribution in [0.4, 0.5) is 4.39 Å². The Hall–Kier alpha value is -3.55. The van der Waals surface area contributed by atoms with Gasteiger partial charge in [-0.05, 0) is 112 Å². The molecule has 1 unspecified atom stereocenters. The molecule has 3 N–H and O–H groups in total. The van der Waals surface area contributed by atoms with Crippen molar-refractivity contribution in [2.24, 2.45) is 5.73 Å². The van der Waals surface area contributed by atoms with E-state index in [1.54, 1.807) is 7.11 Å². The van der Waals surface area contributed by atoms with Crippen LogP contribution in [0.3, 0.4) is 0 Å². The summed E-state index contributed by atoms with van der Waals surface area (Å²) in [6.07, 6.45) is 2.43.